The fraction of sp³-hybridized carbons (Fsp3) is 0.368. The predicted molar refractivity (Wildman–Crippen MR) is 92.7 cm³/mol. The van der Waals surface area contributed by atoms with Crippen LogP contribution in [0.4, 0.5) is 0 Å². The lowest BCUT2D eigenvalue weighted by molar-refractivity contribution is -0.129. The molecule has 0 bridgehead atoms. The third-order valence-electron chi connectivity index (χ3n) is 4.06. The van der Waals surface area contributed by atoms with Crippen molar-refractivity contribution in [3.8, 4) is 5.75 Å². The lowest BCUT2D eigenvalue weighted by Gasteiger charge is -2.24. The molecule has 2 N–H and O–H groups in total. The van der Waals surface area contributed by atoms with Crippen LogP contribution >= 0.6 is 0 Å². The van der Waals surface area contributed by atoms with Crippen LogP contribution in [0, 0.1) is 12.3 Å². The fourth-order valence-electron chi connectivity index (χ4n) is 2.66. The summed E-state index contributed by atoms with van der Waals surface area (Å²) >= 11 is 0. The Morgan fingerprint density at radius 3 is 2.56 bits per heavy atom. The first-order chi connectivity index (χ1) is 11.7. The zero-order valence-corrected chi connectivity index (χ0v) is 14.9. The Labute approximate surface area is 146 Å². The molecule has 0 aliphatic carbocycles. The number of nitrogens with one attached hydrogen (secondary N) is 1. The standard InChI is InChI=1S/C19H23NO5/c1-12-15(17(21)22)9-14(25-12)11-20-18(23)19(2,3)10-13-7-5-6-8-16(13)24-4/h5-9H,10-11H2,1-4H3,(H,20,23)(H,21,22). The number of benzene rings is 1. The van der Waals surface area contributed by atoms with Crippen LogP contribution < -0.4 is 10.1 Å². The summed E-state index contributed by atoms with van der Waals surface area (Å²) in [4.78, 5) is 23.6. The van der Waals surface area contributed by atoms with E-state index in [1.807, 2.05) is 38.1 Å². The van der Waals surface area contributed by atoms with Gasteiger partial charge in [-0.05, 0) is 31.0 Å². The summed E-state index contributed by atoms with van der Waals surface area (Å²) in [5.41, 5.74) is 0.399. The Morgan fingerprint density at radius 1 is 1.28 bits per heavy atom. The summed E-state index contributed by atoms with van der Waals surface area (Å²) < 4.78 is 10.7. The minimum atomic E-state index is -1.05. The first kappa shape index (κ1) is 18.6. The van der Waals surface area contributed by atoms with Gasteiger partial charge in [0.25, 0.3) is 0 Å². The van der Waals surface area contributed by atoms with Crippen LogP contribution in [0.15, 0.2) is 34.7 Å². The van der Waals surface area contributed by atoms with E-state index in [1.54, 1.807) is 14.0 Å². The second-order valence-corrected chi connectivity index (χ2v) is 6.54. The number of hydrogen-bond donors (Lipinski definition) is 2. The van der Waals surface area contributed by atoms with E-state index in [9.17, 15) is 9.59 Å². The maximum absolute atomic E-state index is 12.6. The molecule has 134 valence electrons. The first-order valence-corrected chi connectivity index (χ1v) is 7.97. The van der Waals surface area contributed by atoms with E-state index in [0.29, 0.717) is 17.9 Å². The normalized spacial score (nSPS) is 11.2. The van der Waals surface area contributed by atoms with Crippen molar-refractivity contribution in [1.82, 2.24) is 5.32 Å². The summed E-state index contributed by atoms with van der Waals surface area (Å²) in [7, 11) is 1.60. The summed E-state index contributed by atoms with van der Waals surface area (Å²) in [5.74, 6) is 0.289. The van der Waals surface area contributed by atoms with Crippen molar-refractivity contribution in [2.75, 3.05) is 7.11 Å². The third-order valence-corrected chi connectivity index (χ3v) is 4.06. The number of carbonyl (C=O) groups excluding carboxylic acids is 1. The number of furan rings is 1. The van der Waals surface area contributed by atoms with Crippen LogP contribution in [0.25, 0.3) is 0 Å². The SMILES string of the molecule is COc1ccccc1CC(C)(C)C(=O)NCc1cc(C(=O)O)c(C)o1. The number of ether oxygens (including phenoxy) is 1. The number of aryl methyl sites for hydroxylation is 1. The highest BCUT2D eigenvalue weighted by molar-refractivity contribution is 5.88. The van der Waals surface area contributed by atoms with Gasteiger partial charge in [0, 0.05) is 5.41 Å². The summed E-state index contributed by atoms with van der Waals surface area (Å²) in [6.45, 7) is 5.43. The summed E-state index contributed by atoms with van der Waals surface area (Å²) in [5, 5.41) is 11.8. The predicted octanol–water partition coefficient (Wildman–Crippen LogP) is 3.18. The molecule has 0 saturated carbocycles. The zero-order valence-electron chi connectivity index (χ0n) is 14.9. The van der Waals surface area contributed by atoms with E-state index in [-0.39, 0.29) is 18.0 Å². The number of carbonyl (C=O) groups is 2. The average molecular weight is 345 g/mol. The number of amides is 1. The van der Waals surface area contributed by atoms with E-state index in [2.05, 4.69) is 5.32 Å². The van der Waals surface area contributed by atoms with E-state index >= 15 is 0 Å². The fourth-order valence-corrected chi connectivity index (χ4v) is 2.66. The van der Waals surface area contributed by atoms with Crippen molar-refractivity contribution in [2.45, 2.75) is 33.7 Å². The number of hydrogen-bond acceptors (Lipinski definition) is 4. The highest BCUT2D eigenvalue weighted by atomic mass is 16.5. The van der Waals surface area contributed by atoms with Gasteiger partial charge in [-0.25, -0.2) is 4.79 Å². The quantitative estimate of drug-likeness (QED) is 0.804. The van der Waals surface area contributed by atoms with Crippen LogP contribution in [-0.4, -0.2) is 24.1 Å². The molecule has 6 heteroatoms. The Morgan fingerprint density at radius 2 is 1.96 bits per heavy atom. The molecule has 1 aromatic heterocycles. The number of aromatic carboxylic acids is 1. The molecule has 0 aliphatic heterocycles. The van der Waals surface area contributed by atoms with Crippen molar-refractivity contribution in [3.63, 3.8) is 0 Å². The Bertz CT molecular complexity index is 776. The molecule has 2 aromatic rings. The first-order valence-electron chi connectivity index (χ1n) is 7.97. The molecule has 2 rings (SSSR count). The minimum absolute atomic E-state index is 0.109. The topological polar surface area (TPSA) is 88.8 Å². The number of methoxy groups -OCH3 is 1. The molecule has 1 amide bonds. The monoisotopic (exact) mass is 345 g/mol. The van der Waals surface area contributed by atoms with Crippen LogP contribution in [-0.2, 0) is 17.8 Å². The van der Waals surface area contributed by atoms with Crippen molar-refractivity contribution < 1.29 is 23.8 Å². The zero-order chi connectivity index (χ0) is 18.6. The second kappa shape index (κ2) is 7.42. The third kappa shape index (κ3) is 4.41. The van der Waals surface area contributed by atoms with Crippen molar-refractivity contribution >= 4 is 11.9 Å². The second-order valence-electron chi connectivity index (χ2n) is 6.54. The maximum atomic E-state index is 12.6. The van der Waals surface area contributed by atoms with Gasteiger partial charge in [-0.3, -0.25) is 4.79 Å². The molecule has 1 aromatic carbocycles. The number of carboxylic acids is 1. The highest BCUT2D eigenvalue weighted by Gasteiger charge is 2.29. The van der Waals surface area contributed by atoms with Crippen molar-refractivity contribution in [2.24, 2.45) is 5.41 Å². The van der Waals surface area contributed by atoms with E-state index in [0.717, 1.165) is 11.3 Å². The van der Waals surface area contributed by atoms with Crippen molar-refractivity contribution in [1.29, 1.82) is 0 Å². The lowest BCUT2D eigenvalue weighted by atomic mass is 9.84. The molecule has 25 heavy (non-hydrogen) atoms. The smallest absolute Gasteiger partial charge is 0.339 e. The van der Waals surface area contributed by atoms with Crippen LogP contribution in [0.3, 0.4) is 0 Å². The molecule has 6 nitrogen and oxygen atoms in total. The number of carboxylic acid groups (broad SMARTS) is 1. The van der Waals surface area contributed by atoms with Gasteiger partial charge in [0.15, 0.2) is 0 Å². The molecule has 0 spiro atoms. The van der Waals surface area contributed by atoms with Crippen LogP contribution in [0.5, 0.6) is 5.75 Å². The highest BCUT2D eigenvalue weighted by Crippen LogP contribution is 2.28. The van der Waals surface area contributed by atoms with Gasteiger partial charge < -0.3 is 19.6 Å². The minimum Gasteiger partial charge on any atom is -0.496 e. The van der Waals surface area contributed by atoms with Gasteiger partial charge in [0.2, 0.25) is 5.91 Å². The lowest BCUT2D eigenvalue weighted by Crippen LogP contribution is -2.38. The molecule has 0 unspecified atom stereocenters. The molecule has 0 atom stereocenters. The largest absolute Gasteiger partial charge is 0.496 e. The Hall–Kier alpha value is -2.76. The van der Waals surface area contributed by atoms with Crippen LogP contribution in [0.2, 0.25) is 0 Å². The molecule has 0 saturated heterocycles. The van der Waals surface area contributed by atoms with E-state index in [4.69, 9.17) is 14.3 Å². The maximum Gasteiger partial charge on any atom is 0.339 e. The van der Waals surface area contributed by atoms with Gasteiger partial charge in [0.1, 0.15) is 22.8 Å². The molecule has 0 radical (unpaired) electrons. The molecular formula is C19H23NO5. The van der Waals surface area contributed by atoms with Gasteiger partial charge in [-0.1, -0.05) is 32.0 Å². The van der Waals surface area contributed by atoms with Crippen LogP contribution in [0.1, 0.15) is 41.3 Å². The molecule has 0 aliphatic rings. The number of rotatable bonds is 7. The Balaban J connectivity index is 2.03. The van der Waals surface area contributed by atoms with E-state index in [1.165, 1.54) is 6.07 Å². The van der Waals surface area contributed by atoms with E-state index < -0.39 is 11.4 Å². The number of para-hydroxylation sites is 1. The van der Waals surface area contributed by atoms with Gasteiger partial charge in [-0.15, -0.1) is 0 Å². The summed E-state index contributed by atoms with van der Waals surface area (Å²) in [6, 6.07) is 9.02. The summed E-state index contributed by atoms with van der Waals surface area (Å²) in [6.07, 6.45) is 0.514. The Kier molecular flexibility index (Phi) is 5.51. The molecule has 0 fully saturated rings. The van der Waals surface area contributed by atoms with Gasteiger partial charge in [-0.2, -0.15) is 0 Å². The van der Waals surface area contributed by atoms with Crippen molar-refractivity contribution in [3.05, 3.63) is 53.0 Å². The molecule has 1 heterocycles. The van der Waals surface area contributed by atoms with Gasteiger partial charge in [0.05, 0.1) is 13.7 Å². The average Bonchev–Trinajstić information content (AvgIpc) is 2.93. The van der Waals surface area contributed by atoms with Gasteiger partial charge >= 0.3 is 5.97 Å². The molecular weight excluding hydrogens is 322 g/mol.